The van der Waals surface area contributed by atoms with E-state index in [4.69, 9.17) is 0 Å². The molecule has 2 aliphatic carbocycles. The van der Waals surface area contributed by atoms with Crippen molar-refractivity contribution in [2.75, 3.05) is 0 Å². The van der Waals surface area contributed by atoms with Gasteiger partial charge in [0.1, 0.15) is 0 Å². The predicted molar refractivity (Wildman–Crippen MR) is 64.0 cm³/mol. The predicted octanol–water partition coefficient (Wildman–Crippen LogP) is 2.77. The Bertz CT molecular complexity index is 356. The number of hydrogen-bond donors (Lipinski definition) is 1. The molecule has 0 radical (unpaired) electrons. The second kappa shape index (κ2) is 3.85. The van der Waals surface area contributed by atoms with Crippen LogP contribution in [0, 0.1) is 5.41 Å². The summed E-state index contributed by atoms with van der Waals surface area (Å²) in [4.78, 5) is 11.5. The second-order valence-corrected chi connectivity index (χ2v) is 5.35. The van der Waals surface area contributed by atoms with E-state index in [0.717, 1.165) is 31.3 Å². The number of aliphatic hydroxyl groups is 1. The molecule has 2 atom stereocenters. The maximum absolute atomic E-state index is 11.5. The summed E-state index contributed by atoms with van der Waals surface area (Å²) in [5, 5.41) is 10.8. The van der Waals surface area contributed by atoms with E-state index in [1.807, 2.05) is 0 Å². The van der Waals surface area contributed by atoms with Crippen LogP contribution in [0.15, 0.2) is 24.3 Å². The summed E-state index contributed by atoms with van der Waals surface area (Å²) in [5.41, 5.74) is 0.242. The van der Waals surface area contributed by atoms with Crippen molar-refractivity contribution in [1.29, 1.82) is 0 Å². The molecule has 2 rings (SSSR count). The van der Waals surface area contributed by atoms with Gasteiger partial charge in [0.05, 0.1) is 5.60 Å². The Morgan fingerprint density at radius 3 is 2.94 bits per heavy atom. The van der Waals surface area contributed by atoms with Gasteiger partial charge in [0.15, 0.2) is 5.78 Å². The number of allylic oxidation sites excluding steroid dienone is 1. The minimum atomic E-state index is -0.695. The molecule has 2 aliphatic rings. The zero-order chi connectivity index (χ0) is 11.8. The molecular formula is C14H20O2. The van der Waals surface area contributed by atoms with Crippen LogP contribution >= 0.6 is 0 Å². The summed E-state index contributed by atoms with van der Waals surface area (Å²) in [7, 11) is 0. The number of ketones is 1. The van der Waals surface area contributed by atoms with E-state index in [1.54, 1.807) is 12.2 Å². The van der Waals surface area contributed by atoms with Gasteiger partial charge in [-0.2, -0.15) is 0 Å². The van der Waals surface area contributed by atoms with Gasteiger partial charge >= 0.3 is 0 Å². The summed E-state index contributed by atoms with van der Waals surface area (Å²) in [5.74, 6) is 0.218. The Labute approximate surface area is 97.0 Å². The van der Waals surface area contributed by atoms with Gasteiger partial charge in [-0.05, 0) is 38.2 Å². The lowest BCUT2D eigenvalue weighted by atomic mass is 9.56. The number of hydrogen-bond acceptors (Lipinski definition) is 2. The molecule has 0 heterocycles. The zero-order valence-corrected chi connectivity index (χ0v) is 9.96. The van der Waals surface area contributed by atoms with Crippen molar-refractivity contribution in [3.05, 3.63) is 24.3 Å². The highest BCUT2D eigenvalue weighted by Crippen LogP contribution is 2.53. The number of carbonyl (C=O) groups excluding carboxylic acids is 1. The number of fused-ring (bicyclic) bond motifs is 1. The summed E-state index contributed by atoms with van der Waals surface area (Å²) in [6.07, 6.45) is 8.29. The Kier molecular flexibility index (Phi) is 2.79. The first-order valence-corrected chi connectivity index (χ1v) is 6.09. The third-order valence-electron chi connectivity index (χ3n) is 4.46. The van der Waals surface area contributed by atoms with E-state index in [2.05, 4.69) is 13.5 Å². The van der Waals surface area contributed by atoms with Gasteiger partial charge in [-0.15, -0.1) is 6.58 Å². The van der Waals surface area contributed by atoms with Crippen LogP contribution in [0.5, 0.6) is 0 Å². The fourth-order valence-electron chi connectivity index (χ4n) is 3.25. The van der Waals surface area contributed by atoms with Crippen molar-refractivity contribution >= 4 is 5.78 Å². The van der Waals surface area contributed by atoms with Crippen molar-refractivity contribution < 1.29 is 9.90 Å². The molecule has 1 N–H and O–H groups in total. The third-order valence-corrected chi connectivity index (χ3v) is 4.46. The molecule has 2 nitrogen and oxygen atoms in total. The standard InChI is InChI=1S/C14H20O2/c1-3-7-14(16)8-4-5-11-10-12(15)6-9-13(11,14)2/h3,10,16H,1,4-9H2,2H3/t13-,14-/m0/s1. The SMILES string of the molecule is C=CC[C@]1(O)CCCC2=CC(=O)CC[C@@]21C. The Hall–Kier alpha value is -0.890. The molecule has 16 heavy (non-hydrogen) atoms. The average molecular weight is 220 g/mol. The smallest absolute Gasteiger partial charge is 0.155 e. The van der Waals surface area contributed by atoms with Gasteiger partial charge in [0.25, 0.3) is 0 Å². The van der Waals surface area contributed by atoms with E-state index in [9.17, 15) is 9.90 Å². The first-order chi connectivity index (χ1) is 7.52. The molecule has 0 aromatic carbocycles. The van der Waals surface area contributed by atoms with Crippen molar-refractivity contribution in [3.63, 3.8) is 0 Å². The van der Waals surface area contributed by atoms with Gasteiger partial charge in [-0.1, -0.05) is 18.6 Å². The van der Waals surface area contributed by atoms with Gasteiger partial charge in [0.2, 0.25) is 0 Å². The molecule has 1 saturated carbocycles. The highest BCUT2D eigenvalue weighted by molar-refractivity contribution is 5.91. The molecule has 88 valence electrons. The Morgan fingerprint density at radius 1 is 1.50 bits per heavy atom. The van der Waals surface area contributed by atoms with E-state index in [-0.39, 0.29) is 11.2 Å². The van der Waals surface area contributed by atoms with Crippen molar-refractivity contribution in [2.24, 2.45) is 5.41 Å². The van der Waals surface area contributed by atoms with Crippen molar-refractivity contribution in [1.82, 2.24) is 0 Å². The molecule has 0 aromatic heterocycles. The molecule has 0 bridgehead atoms. The third kappa shape index (κ3) is 1.56. The van der Waals surface area contributed by atoms with Crippen molar-refractivity contribution in [3.8, 4) is 0 Å². The first-order valence-electron chi connectivity index (χ1n) is 6.09. The van der Waals surface area contributed by atoms with Gasteiger partial charge in [-0.25, -0.2) is 0 Å². The number of carbonyl (C=O) groups is 1. The summed E-state index contributed by atoms with van der Waals surface area (Å²) >= 11 is 0. The summed E-state index contributed by atoms with van der Waals surface area (Å²) in [6.45, 7) is 5.84. The highest BCUT2D eigenvalue weighted by Gasteiger charge is 2.51. The first kappa shape index (κ1) is 11.6. The zero-order valence-electron chi connectivity index (χ0n) is 9.96. The van der Waals surface area contributed by atoms with E-state index < -0.39 is 5.60 Å². The van der Waals surface area contributed by atoms with Crippen LogP contribution in [0.3, 0.4) is 0 Å². The molecule has 0 unspecified atom stereocenters. The van der Waals surface area contributed by atoms with Gasteiger partial charge in [0, 0.05) is 11.8 Å². The fraction of sp³-hybridized carbons (Fsp3) is 0.643. The molecule has 0 saturated heterocycles. The van der Waals surface area contributed by atoms with Gasteiger partial charge < -0.3 is 5.11 Å². The second-order valence-electron chi connectivity index (χ2n) is 5.35. The minimum absolute atomic E-state index is 0.215. The van der Waals surface area contributed by atoms with Crippen LogP contribution in [0.25, 0.3) is 0 Å². The minimum Gasteiger partial charge on any atom is -0.389 e. The molecule has 0 spiro atoms. The van der Waals surface area contributed by atoms with Crippen LogP contribution < -0.4 is 0 Å². The van der Waals surface area contributed by atoms with Crippen LogP contribution in [0.4, 0.5) is 0 Å². The Balaban J connectivity index is 2.40. The topological polar surface area (TPSA) is 37.3 Å². The molecule has 0 aromatic rings. The van der Waals surface area contributed by atoms with Crippen LogP contribution in [-0.4, -0.2) is 16.5 Å². The number of rotatable bonds is 2. The molecular weight excluding hydrogens is 200 g/mol. The molecule has 2 heteroatoms. The van der Waals surface area contributed by atoms with Gasteiger partial charge in [-0.3, -0.25) is 4.79 Å². The monoisotopic (exact) mass is 220 g/mol. The molecule has 1 fully saturated rings. The molecule has 0 amide bonds. The van der Waals surface area contributed by atoms with E-state index in [0.29, 0.717) is 12.8 Å². The lowest BCUT2D eigenvalue weighted by Crippen LogP contribution is -2.51. The largest absolute Gasteiger partial charge is 0.389 e. The fourth-order valence-corrected chi connectivity index (χ4v) is 3.25. The maximum atomic E-state index is 11.5. The van der Waals surface area contributed by atoms with E-state index in [1.165, 1.54) is 0 Å². The van der Waals surface area contributed by atoms with Crippen LogP contribution in [-0.2, 0) is 4.79 Å². The molecule has 0 aliphatic heterocycles. The van der Waals surface area contributed by atoms with Crippen LogP contribution in [0.2, 0.25) is 0 Å². The highest BCUT2D eigenvalue weighted by atomic mass is 16.3. The normalized spacial score (nSPS) is 38.9. The Morgan fingerprint density at radius 2 is 2.25 bits per heavy atom. The summed E-state index contributed by atoms with van der Waals surface area (Å²) in [6, 6.07) is 0. The average Bonchev–Trinajstić information content (AvgIpc) is 2.22. The lowest BCUT2D eigenvalue weighted by Gasteiger charge is -2.51. The maximum Gasteiger partial charge on any atom is 0.155 e. The summed E-state index contributed by atoms with van der Waals surface area (Å²) < 4.78 is 0. The van der Waals surface area contributed by atoms with Crippen LogP contribution in [0.1, 0.15) is 45.4 Å². The quantitative estimate of drug-likeness (QED) is 0.726. The lowest BCUT2D eigenvalue weighted by molar-refractivity contribution is -0.120. The van der Waals surface area contributed by atoms with E-state index >= 15 is 0 Å². The van der Waals surface area contributed by atoms with Crippen molar-refractivity contribution in [2.45, 2.75) is 51.0 Å².